The molecular formula is C12H11N3O4. The molecule has 19 heavy (non-hydrogen) atoms. The van der Waals surface area contributed by atoms with Crippen molar-refractivity contribution in [3.63, 3.8) is 0 Å². The zero-order chi connectivity index (χ0) is 14.0. The lowest BCUT2D eigenvalue weighted by atomic mass is 10.1. The molecule has 0 bridgehead atoms. The lowest BCUT2D eigenvalue weighted by molar-refractivity contribution is 0.0652. The van der Waals surface area contributed by atoms with Crippen LogP contribution in [-0.2, 0) is 0 Å². The Labute approximate surface area is 108 Å². The van der Waals surface area contributed by atoms with Gasteiger partial charge in [-0.15, -0.1) is 0 Å². The van der Waals surface area contributed by atoms with E-state index >= 15 is 0 Å². The molecule has 1 aromatic carbocycles. The number of primary amides is 1. The molecule has 7 heteroatoms. The fraction of sp³-hybridized carbons (Fsp3) is 0.0833. The van der Waals surface area contributed by atoms with Crippen molar-refractivity contribution < 1.29 is 19.2 Å². The van der Waals surface area contributed by atoms with Gasteiger partial charge in [0, 0.05) is 24.4 Å². The smallest absolute Gasteiger partial charge is 0.374 e. The number of carboxylic acids is 1. The van der Waals surface area contributed by atoms with Crippen molar-refractivity contribution in [2.45, 2.75) is 0 Å². The van der Waals surface area contributed by atoms with Gasteiger partial charge in [0.05, 0.1) is 0 Å². The van der Waals surface area contributed by atoms with Crippen molar-refractivity contribution in [3.8, 4) is 11.3 Å². The fourth-order valence-corrected chi connectivity index (χ4v) is 1.51. The number of carboxylic acid groups (broad SMARTS) is 1. The third-order valence-corrected chi connectivity index (χ3v) is 2.58. The molecule has 1 heterocycles. The van der Waals surface area contributed by atoms with Crippen LogP contribution in [0, 0.1) is 0 Å². The van der Waals surface area contributed by atoms with Crippen molar-refractivity contribution in [1.29, 1.82) is 0 Å². The van der Waals surface area contributed by atoms with Crippen LogP contribution in [0.15, 0.2) is 34.9 Å². The van der Waals surface area contributed by atoms with Gasteiger partial charge in [0.1, 0.15) is 5.69 Å². The van der Waals surface area contributed by atoms with Crippen LogP contribution in [0.4, 0.5) is 10.5 Å². The molecule has 3 N–H and O–H groups in total. The summed E-state index contributed by atoms with van der Waals surface area (Å²) in [6.07, 6.45) is 0. The van der Waals surface area contributed by atoms with E-state index < -0.39 is 12.0 Å². The Morgan fingerprint density at radius 1 is 1.37 bits per heavy atom. The quantitative estimate of drug-likeness (QED) is 0.871. The zero-order valence-electron chi connectivity index (χ0n) is 10.0. The minimum Gasteiger partial charge on any atom is -0.475 e. The number of urea groups is 1. The molecule has 0 saturated carbocycles. The first-order chi connectivity index (χ1) is 8.99. The van der Waals surface area contributed by atoms with Crippen molar-refractivity contribution in [2.24, 2.45) is 5.73 Å². The maximum absolute atomic E-state index is 11.1. The predicted octanol–water partition coefficient (Wildman–Crippen LogP) is 1.55. The lowest BCUT2D eigenvalue weighted by Crippen LogP contribution is -2.31. The molecule has 0 atom stereocenters. The van der Waals surface area contributed by atoms with Gasteiger partial charge >= 0.3 is 12.0 Å². The Kier molecular flexibility index (Phi) is 3.19. The summed E-state index contributed by atoms with van der Waals surface area (Å²) in [5, 5.41) is 12.4. The molecule has 0 saturated heterocycles. The van der Waals surface area contributed by atoms with E-state index in [1.807, 2.05) is 0 Å². The number of benzene rings is 1. The van der Waals surface area contributed by atoms with E-state index in [-0.39, 0.29) is 5.76 Å². The molecule has 2 amide bonds. The SMILES string of the molecule is CN(C(N)=O)c1cccc(-c2cc(C(=O)O)on2)c1. The summed E-state index contributed by atoms with van der Waals surface area (Å²) in [5.74, 6) is -1.44. The highest BCUT2D eigenvalue weighted by molar-refractivity contribution is 5.91. The van der Waals surface area contributed by atoms with Gasteiger partial charge in [-0.1, -0.05) is 17.3 Å². The number of amides is 2. The van der Waals surface area contributed by atoms with E-state index in [1.54, 1.807) is 24.3 Å². The topological polar surface area (TPSA) is 110 Å². The highest BCUT2D eigenvalue weighted by atomic mass is 16.5. The van der Waals surface area contributed by atoms with Crippen LogP contribution >= 0.6 is 0 Å². The first-order valence-electron chi connectivity index (χ1n) is 5.32. The second-order valence-electron chi connectivity index (χ2n) is 3.83. The molecule has 0 spiro atoms. The maximum Gasteiger partial charge on any atom is 0.374 e. The van der Waals surface area contributed by atoms with Crippen LogP contribution in [0.5, 0.6) is 0 Å². The van der Waals surface area contributed by atoms with Crippen LogP contribution in [0.25, 0.3) is 11.3 Å². The van der Waals surface area contributed by atoms with Gasteiger partial charge in [-0.3, -0.25) is 4.90 Å². The molecule has 2 aromatic rings. The van der Waals surface area contributed by atoms with E-state index in [0.717, 1.165) is 0 Å². The van der Waals surface area contributed by atoms with E-state index in [1.165, 1.54) is 18.0 Å². The van der Waals surface area contributed by atoms with Crippen molar-refractivity contribution in [3.05, 3.63) is 36.1 Å². The number of aromatic nitrogens is 1. The first kappa shape index (κ1) is 12.6. The number of anilines is 1. The standard InChI is InChI=1S/C12H11N3O4/c1-15(12(13)18)8-4-2-3-7(5-8)9-6-10(11(16)17)19-14-9/h2-6H,1H3,(H2,13,18)(H,16,17). The predicted molar refractivity (Wildman–Crippen MR) is 66.9 cm³/mol. The summed E-state index contributed by atoms with van der Waals surface area (Å²) in [5.41, 5.74) is 6.75. The second kappa shape index (κ2) is 4.81. The van der Waals surface area contributed by atoms with Gasteiger partial charge in [0.2, 0.25) is 5.76 Å². The molecule has 0 aliphatic rings. The van der Waals surface area contributed by atoms with E-state index in [9.17, 15) is 9.59 Å². The monoisotopic (exact) mass is 261 g/mol. The number of carbonyl (C=O) groups excluding carboxylic acids is 1. The summed E-state index contributed by atoms with van der Waals surface area (Å²) < 4.78 is 4.67. The Bertz CT molecular complexity index is 635. The summed E-state index contributed by atoms with van der Waals surface area (Å²) in [7, 11) is 1.53. The molecule has 98 valence electrons. The Balaban J connectivity index is 2.37. The minimum absolute atomic E-state index is 0.247. The van der Waals surface area contributed by atoms with Crippen LogP contribution in [0.2, 0.25) is 0 Å². The first-order valence-corrected chi connectivity index (χ1v) is 5.32. The maximum atomic E-state index is 11.1. The zero-order valence-corrected chi connectivity index (χ0v) is 10.0. The molecule has 0 radical (unpaired) electrons. The Morgan fingerprint density at radius 3 is 2.68 bits per heavy atom. The normalized spacial score (nSPS) is 10.2. The number of nitrogens with zero attached hydrogens (tertiary/aromatic N) is 2. The van der Waals surface area contributed by atoms with Gasteiger partial charge in [0.25, 0.3) is 0 Å². The molecule has 0 fully saturated rings. The second-order valence-corrected chi connectivity index (χ2v) is 3.83. The van der Waals surface area contributed by atoms with E-state index in [4.69, 9.17) is 10.8 Å². The molecule has 7 nitrogen and oxygen atoms in total. The Morgan fingerprint density at radius 2 is 2.11 bits per heavy atom. The Hall–Kier alpha value is -2.83. The van der Waals surface area contributed by atoms with Crippen molar-refractivity contribution in [1.82, 2.24) is 5.16 Å². The van der Waals surface area contributed by atoms with Gasteiger partial charge < -0.3 is 15.4 Å². The van der Waals surface area contributed by atoms with Gasteiger partial charge in [-0.25, -0.2) is 9.59 Å². The molecule has 0 aliphatic carbocycles. The third kappa shape index (κ3) is 2.54. The molecule has 2 rings (SSSR count). The van der Waals surface area contributed by atoms with Crippen LogP contribution in [-0.4, -0.2) is 29.3 Å². The third-order valence-electron chi connectivity index (χ3n) is 2.58. The number of nitrogens with two attached hydrogens (primary N) is 1. The molecule has 1 aromatic heterocycles. The molecule has 0 aliphatic heterocycles. The van der Waals surface area contributed by atoms with Crippen LogP contribution in [0.1, 0.15) is 10.6 Å². The number of aromatic carboxylic acids is 1. The average Bonchev–Trinajstić information content (AvgIpc) is 2.87. The largest absolute Gasteiger partial charge is 0.475 e. The number of carbonyl (C=O) groups is 2. The van der Waals surface area contributed by atoms with Crippen LogP contribution in [0.3, 0.4) is 0 Å². The number of rotatable bonds is 3. The average molecular weight is 261 g/mol. The van der Waals surface area contributed by atoms with Gasteiger partial charge in [0.15, 0.2) is 0 Å². The van der Waals surface area contributed by atoms with Gasteiger partial charge in [-0.2, -0.15) is 0 Å². The van der Waals surface area contributed by atoms with Crippen molar-refractivity contribution >= 4 is 17.7 Å². The van der Waals surface area contributed by atoms with E-state index in [2.05, 4.69) is 9.68 Å². The molecular weight excluding hydrogens is 250 g/mol. The minimum atomic E-state index is -1.19. The summed E-state index contributed by atoms with van der Waals surface area (Å²) >= 11 is 0. The highest BCUT2D eigenvalue weighted by Crippen LogP contribution is 2.24. The summed E-state index contributed by atoms with van der Waals surface area (Å²) in [6.45, 7) is 0. The van der Waals surface area contributed by atoms with E-state index in [0.29, 0.717) is 16.9 Å². The van der Waals surface area contributed by atoms with Crippen LogP contribution < -0.4 is 10.6 Å². The van der Waals surface area contributed by atoms with Crippen molar-refractivity contribution in [2.75, 3.05) is 11.9 Å². The number of hydrogen-bond donors (Lipinski definition) is 2. The lowest BCUT2D eigenvalue weighted by Gasteiger charge is -2.14. The summed E-state index contributed by atoms with van der Waals surface area (Å²) in [4.78, 5) is 23.0. The number of hydrogen-bond acceptors (Lipinski definition) is 4. The summed E-state index contributed by atoms with van der Waals surface area (Å²) in [6, 6.07) is 7.51. The fourth-order valence-electron chi connectivity index (χ4n) is 1.51. The highest BCUT2D eigenvalue weighted by Gasteiger charge is 2.13. The van der Waals surface area contributed by atoms with Gasteiger partial charge in [-0.05, 0) is 12.1 Å². The molecule has 0 unspecified atom stereocenters.